The van der Waals surface area contributed by atoms with Gasteiger partial charge in [-0.3, -0.25) is 15.1 Å². The largest absolute Gasteiger partial charge is 0.300 e. The monoisotopic (exact) mass is 253 g/mol. The first-order valence-electron chi connectivity index (χ1n) is 6.51. The Labute approximate surface area is 112 Å². The van der Waals surface area contributed by atoms with E-state index in [9.17, 15) is 4.79 Å². The van der Waals surface area contributed by atoms with E-state index in [2.05, 4.69) is 17.3 Å². The smallest absolute Gasteiger partial charge is 0.133 e. The Morgan fingerprint density at radius 3 is 2.58 bits per heavy atom. The maximum atomic E-state index is 11.3. The van der Waals surface area contributed by atoms with Gasteiger partial charge in [-0.1, -0.05) is 24.1 Å². The molecule has 2 aliphatic rings. The SMILES string of the molecule is O=C1CCC2(C=C(C#Cc3ccccc3)NO2)CC1. The molecule has 1 aliphatic carbocycles. The van der Waals surface area contributed by atoms with Crippen LogP contribution in [-0.4, -0.2) is 11.4 Å². The molecule has 3 rings (SSSR count). The molecule has 3 nitrogen and oxygen atoms in total. The first-order valence-corrected chi connectivity index (χ1v) is 6.51. The molecule has 0 radical (unpaired) electrons. The summed E-state index contributed by atoms with van der Waals surface area (Å²) in [4.78, 5) is 16.9. The number of allylic oxidation sites excluding steroid dienone is 1. The van der Waals surface area contributed by atoms with Gasteiger partial charge in [0, 0.05) is 18.4 Å². The van der Waals surface area contributed by atoms with Gasteiger partial charge < -0.3 is 0 Å². The summed E-state index contributed by atoms with van der Waals surface area (Å²) >= 11 is 0. The molecule has 0 saturated heterocycles. The lowest BCUT2D eigenvalue weighted by Gasteiger charge is -2.28. The number of hydrogen-bond acceptors (Lipinski definition) is 3. The first kappa shape index (κ1) is 12.0. The minimum Gasteiger partial charge on any atom is -0.300 e. The molecule has 0 atom stereocenters. The lowest BCUT2D eigenvalue weighted by Crippen LogP contribution is -2.34. The zero-order valence-corrected chi connectivity index (χ0v) is 10.6. The van der Waals surface area contributed by atoms with Crippen LogP contribution in [0.3, 0.4) is 0 Å². The van der Waals surface area contributed by atoms with E-state index in [0.717, 1.165) is 24.1 Å². The van der Waals surface area contributed by atoms with Crippen molar-refractivity contribution in [3.63, 3.8) is 0 Å². The van der Waals surface area contributed by atoms with Crippen LogP contribution in [0.15, 0.2) is 42.1 Å². The average Bonchev–Trinajstić information content (AvgIpc) is 2.85. The summed E-state index contributed by atoms with van der Waals surface area (Å²) < 4.78 is 0. The first-order chi connectivity index (χ1) is 9.26. The highest BCUT2D eigenvalue weighted by Gasteiger charge is 2.38. The van der Waals surface area contributed by atoms with Gasteiger partial charge in [0.1, 0.15) is 17.1 Å². The third kappa shape index (κ3) is 2.69. The van der Waals surface area contributed by atoms with Crippen LogP contribution in [0.1, 0.15) is 31.2 Å². The number of hydroxylamine groups is 1. The molecule has 1 aromatic rings. The van der Waals surface area contributed by atoms with E-state index in [1.165, 1.54) is 0 Å². The summed E-state index contributed by atoms with van der Waals surface area (Å²) in [6, 6.07) is 9.84. The van der Waals surface area contributed by atoms with Crippen LogP contribution < -0.4 is 5.48 Å². The minimum absolute atomic E-state index is 0.325. The Morgan fingerprint density at radius 2 is 1.84 bits per heavy atom. The molecular formula is C16H15NO2. The van der Waals surface area contributed by atoms with Crippen LogP contribution in [0.4, 0.5) is 0 Å². The zero-order valence-electron chi connectivity index (χ0n) is 10.6. The molecule has 96 valence electrons. The number of carbonyl (C=O) groups excluding carboxylic acids is 1. The Bertz CT molecular complexity index is 568. The van der Waals surface area contributed by atoms with Crippen molar-refractivity contribution in [3.05, 3.63) is 47.7 Å². The third-order valence-corrected chi connectivity index (χ3v) is 3.54. The standard InChI is InChI=1S/C16H15NO2/c18-15-8-10-16(11-9-15)12-14(17-19-16)7-6-13-4-2-1-3-5-13/h1-5,12,17H,8-11H2. The van der Waals surface area contributed by atoms with E-state index < -0.39 is 0 Å². The average molecular weight is 253 g/mol. The quantitative estimate of drug-likeness (QED) is 0.721. The van der Waals surface area contributed by atoms with Crippen LogP contribution >= 0.6 is 0 Å². The Kier molecular flexibility index (Phi) is 3.10. The van der Waals surface area contributed by atoms with E-state index in [4.69, 9.17) is 4.84 Å². The highest BCUT2D eigenvalue weighted by Crippen LogP contribution is 2.34. The summed E-state index contributed by atoms with van der Waals surface area (Å²) in [5, 5.41) is 0. The molecule has 0 unspecified atom stereocenters. The van der Waals surface area contributed by atoms with Gasteiger partial charge in [-0.15, -0.1) is 0 Å². The van der Waals surface area contributed by atoms with Crippen molar-refractivity contribution in [3.8, 4) is 11.8 Å². The summed E-state index contributed by atoms with van der Waals surface area (Å²) in [6.07, 6.45) is 4.70. The molecule has 3 heteroatoms. The molecule has 1 heterocycles. The molecule has 1 aromatic carbocycles. The molecule has 0 bridgehead atoms. The fraction of sp³-hybridized carbons (Fsp3) is 0.312. The van der Waals surface area contributed by atoms with E-state index >= 15 is 0 Å². The lowest BCUT2D eigenvalue weighted by molar-refractivity contribution is -0.127. The molecule has 1 spiro atoms. The van der Waals surface area contributed by atoms with Gasteiger partial charge in [-0.2, -0.15) is 0 Å². The fourth-order valence-electron chi connectivity index (χ4n) is 2.40. The predicted molar refractivity (Wildman–Crippen MR) is 71.8 cm³/mol. The van der Waals surface area contributed by atoms with Crippen LogP contribution in [0.25, 0.3) is 0 Å². The number of carbonyl (C=O) groups is 1. The van der Waals surface area contributed by atoms with Crippen LogP contribution in [-0.2, 0) is 9.63 Å². The number of rotatable bonds is 0. The van der Waals surface area contributed by atoms with Crippen molar-refractivity contribution in [2.75, 3.05) is 0 Å². The van der Waals surface area contributed by atoms with E-state index in [0.29, 0.717) is 18.6 Å². The molecule has 1 saturated carbocycles. The van der Waals surface area contributed by atoms with Crippen molar-refractivity contribution in [2.24, 2.45) is 0 Å². The van der Waals surface area contributed by atoms with Crippen molar-refractivity contribution < 1.29 is 9.63 Å². The number of ketones is 1. The molecule has 1 aliphatic heterocycles. The minimum atomic E-state index is -0.325. The topological polar surface area (TPSA) is 38.3 Å². The van der Waals surface area contributed by atoms with Gasteiger partial charge in [0.05, 0.1) is 0 Å². The lowest BCUT2D eigenvalue weighted by atomic mass is 9.84. The zero-order chi connectivity index (χ0) is 13.1. The molecule has 1 N–H and O–H groups in total. The normalized spacial score (nSPS) is 20.4. The number of Topliss-reactive ketones (excluding diaryl/α,β-unsaturated/α-hetero) is 1. The Balaban J connectivity index is 1.74. The maximum absolute atomic E-state index is 11.3. The molecule has 19 heavy (non-hydrogen) atoms. The number of nitrogens with one attached hydrogen (secondary N) is 1. The summed E-state index contributed by atoms with van der Waals surface area (Å²) in [5.74, 6) is 6.49. The van der Waals surface area contributed by atoms with Gasteiger partial charge in [-0.05, 0) is 37.0 Å². The van der Waals surface area contributed by atoms with Crippen LogP contribution in [0.2, 0.25) is 0 Å². The highest BCUT2D eigenvalue weighted by atomic mass is 16.7. The predicted octanol–water partition coefficient (Wildman–Crippen LogP) is 2.34. The third-order valence-electron chi connectivity index (χ3n) is 3.54. The number of hydrogen-bond donors (Lipinski definition) is 1. The van der Waals surface area contributed by atoms with Crippen molar-refractivity contribution in [2.45, 2.75) is 31.3 Å². The molecular weight excluding hydrogens is 238 g/mol. The number of benzene rings is 1. The van der Waals surface area contributed by atoms with Gasteiger partial charge in [-0.25, -0.2) is 0 Å². The highest BCUT2D eigenvalue weighted by molar-refractivity contribution is 5.79. The van der Waals surface area contributed by atoms with Crippen molar-refractivity contribution in [1.29, 1.82) is 0 Å². The molecule has 1 fully saturated rings. The second kappa shape index (κ2) is 4.91. The van der Waals surface area contributed by atoms with Crippen molar-refractivity contribution in [1.82, 2.24) is 5.48 Å². The second-order valence-electron chi connectivity index (χ2n) is 4.98. The fourth-order valence-corrected chi connectivity index (χ4v) is 2.40. The van der Waals surface area contributed by atoms with E-state index in [1.54, 1.807) is 0 Å². The van der Waals surface area contributed by atoms with Gasteiger partial charge in [0.2, 0.25) is 0 Å². The van der Waals surface area contributed by atoms with Crippen LogP contribution in [0.5, 0.6) is 0 Å². The summed E-state index contributed by atoms with van der Waals surface area (Å²) in [6.45, 7) is 0. The van der Waals surface area contributed by atoms with Crippen LogP contribution in [0, 0.1) is 11.8 Å². The van der Waals surface area contributed by atoms with E-state index in [-0.39, 0.29) is 5.60 Å². The van der Waals surface area contributed by atoms with Gasteiger partial charge in [0.15, 0.2) is 0 Å². The van der Waals surface area contributed by atoms with Gasteiger partial charge >= 0.3 is 0 Å². The van der Waals surface area contributed by atoms with E-state index in [1.807, 2.05) is 36.4 Å². The maximum Gasteiger partial charge on any atom is 0.133 e. The summed E-state index contributed by atoms with van der Waals surface area (Å²) in [7, 11) is 0. The second-order valence-corrected chi connectivity index (χ2v) is 4.98. The summed E-state index contributed by atoms with van der Waals surface area (Å²) in [5.41, 5.74) is 4.32. The Morgan fingerprint density at radius 1 is 1.11 bits per heavy atom. The Hall–Kier alpha value is -2.05. The van der Waals surface area contributed by atoms with Crippen molar-refractivity contribution >= 4 is 5.78 Å². The molecule has 0 amide bonds. The molecule has 0 aromatic heterocycles. The van der Waals surface area contributed by atoms with Gasteiger partial charge in [0.25, 0.3) is 0 Å².